The molecule has 7 heterocycles. The summed E-state index contributed by atoms with van der Waals surface area (Å²) < 4.78 is 23.5. The Balaban J connectivity index is 0.802. The number of anilines is 3. The molecule has 16 nitrogen and oxygen atoms in total. The highest BCUT2D eigenvalue weighted by molar-refractivity contribution is 6.06. The van der Waals surface area contributed by atoms with E-state index in [2.05, 4.69) is 36.7 Å². The van der Waals surface area contributed by atoms with Gasteiger partial charge in [-0.1, -0.05) is 24.1 Å². The number of likely N-dealkylation sites (tertiary alicyclic amines) is 1. The number of amides is 4. The van der Waals surface area contributed by atoms with Gasteiger partial charge in [0.15, 0.2) is 5.82 Å². The number of hydrogen-bond acceptors (Lipinski definition) is 13. The summed E-state index contributed by atoms with van der Waals surface area (Å²) in [5, 5.41) is 11.4. The number of carbonyl (C=O) groups is 4. The normalized spacial score (nSPS) is 21.6. The molecular weight excluding hydrogens is 842 g/mol. The Kier molecular flexibility index (Phi) is 11.6. The van der Waals surface area contributed by atoms with Crippen LogP contribution in [0.2, 0.25) is 0 Å². The first-order chi connectivity index (χ1) is 32.0. The molecule has 66 heavy (non-hydrogen) atoms. The maximum atomic E-state index is 17.1. The summed E-state index contributed by atoms with van der Waals surface area (Å²) in [7, 11) is 1.78. The molecule has 17 heteroatoms. The maximum absolute atomic E-state index is 17.1. The number of ether oxygens (including phenoxy) is 1. The van der Waals surface area contributed by atoms with Gasteiger partial charge in [-0.15, -0.1) is 6.42 Å². The van der Waals surface area contributed by atoms with Crippen LogP contribution in [0.15, 0.2) is 54.7 Å². The minimum absolute atomic E-state index is 0.00358. The van der Waals surface area contributed by atoms with Crippen molar-refractivity contribution >= 4 is 62.5 Å². The van der Waals surface area contributed by atoms with E-state index < -0.39 is 17.8 Å². The molecular formula is C49H52FN11O5. The van der Waals surface area contributed by atoms with Gasteiger partial charge in [0.25, 0.3) is 5.91 Å². The van der Waals surface area contributed by atoms with Gasteiger partial charge in [-0.05, 0) is 74.4 Å². The van der Waals surface area contributed by atoms with Crippen LogP contribution in [0.4, 0.5) is 21.6 Å². The van der Waals surface area contributed by atoms with Crippen LogP contribution in [-0.2, 0) is 20.9 Å². The predicted octanol–water partition coefficient (Wildman–Crippen LogP) is 4.05. The highest BCUT2D eigenvalue weighted by Gasteiger charge is 2.40. The molecule has 10 rings (SSSR count). The minimum atomic E-state index is -0.693. The fourth-order valence-corrected chi connectivity index (χ4v) is 10.5. The van der Waals surface area contributed by atoms with Gasteiger partial charge in [-0.2, -0.15) is 9.97 Å². The lowest BCUT2D eigenvalue weighted by atomic mass is 9.96. The summed E-state index contributed by atoms with van der Waals surface area (Å²) in [4.78, 5) is 72.9. The van der Waals surface area contributed by atoms with Crippen molar-refractivity contribution in [3.05, 3.63) is 77.2 Å². The van der Waals surface area contributed by atoms with E-state index in [1.165, 1.54) is 4.90 Å². The highest BCUT2D eigenvalue weighted by Crippen LogP contribution is 2.39. The number of terminal acetylenes is 1. The summed E-state index contributed by atoms with van der Waals surface area (Å²) in [6.07, 6.45) is 12.3. The van der Waals surface area contributed by atoms with Crippen molar-refractivity contribution in [1.82, 2.24) is 40.3 Å². The number of nitrogen functional groups attached to an aromatic ring is 1. The van der Waals surface area contributed by atoms with Gasteiger partial charge < -0.3 is 35.8 Å². The number of carbonyl (C=O) groups excluding carboxylic acids is 4. The highest BCUT2D eigenvalue weighted by atomic mass is 19.1. The third kappa shape index (κ3) is 8.19. The van der Waals surface area contributed by atoms with Gasteiger partial charge >= 0.3 is 6.01 Å². The number of rotatable bonds is 13. The molecule has 3 aromatic carbocycles. The van der Waals surface area contributed by atoms with E-state index in [9.17, 15) is 19.2 Å². The summed E-state index contributed by atoms with van der Waals surface area (Å²) in [6.45, 7) is 4.19. The lowest BCUT2D eigenvalue weighted by Crippen LogP contribution is -2.52. The van der Waals surface area contributed by atoms with E-state index in [-0.39, 0.29) is 60.6 Å². The van der Waals surface area contributed by atoms with Crippen molar-refractivity contribution in [2.75, 3.05) is 68.9 Å². The van der Waals surface area contributed by atoms with Gasteiger partial charge in [-0.25, -0.2) is 4.39 Å². The van der Waals surface area contributed by atoms with Crippen LogP contribution in [0, 0.1) is 18.2 Å². The zero-order valence-electron chi connectivity index (χ0n) is 36.8. The molecule has 0 spiro atoms. The summed E-state index contributed by atoms with van der Waals surface area (Å²) in [6, 6.07) is 14.5. The molecule has 5 aliphatic rings. The molecule has 4 fully saturated rings. The number of nitrogens with zero attached hydrogens (tertiary/aromatic N) is 7. The molecule has 0 aliphatic carbocycles. The largest absolute Gasteiger partial charge is 0.462 e. The Morgan fingerprint density at radius 1 is 1.06 bits per heavy atom. The molecule has 340 valence electrons. The molecule has 0 radical (unpaired) electrons. The van der Waals surface area contributed by atoms with E-state index in [1.807, 2.05) is 30.3 Å². The van der Waals surface area contributed by atoms with Crippen molar-refractivity contribution < 1.29 is 28.3 Å². The SMILES string of the molecule is C#Cc1cccc2cc(N)cc(-c3ncc4c(N5CC6CCC(C5)N6)nc(OC[C@@H]5CCCN5CCC(=O)N(C)CCNc5cccc6c5CN(C5CCC(=O)NC5=O)C6=O)nc4c3F)c12. The molecule has 4 atom stereocenters. The van der Waals surface area contributed by atoms with Crippen LogP contribution in [0.5, 0.6) is 6.01 Å². The van der Waals surface area contributed by atoms with Crippen molar-refractivity contribution in [1.29, 1.82) is 0 Å². The van der Waals surface area contributed by atoms with E-state index in [0.717, 1.165) is 48.9 Å². The monoisotopic (exact) mass is 893 g/mol. The lowest BCUT2D eigenvalue weighted by Gasteiger charge is -2.34. The van der Waals surface area contributed by atoms with Crippen LogP contribution in [0.3, 0.4) is 0 Å². The first-order valence-corrected chi connectivity index (χ1v) is 22.8. The fourth-order valence-electron chi connectivity index (χ4n) is 10.5. The molecule has 4 amide bonds. The average Bonchev–Trinajstić information content (AvgIpc) is 4.02. The summed E-state index contributed by atoms with van der Waals surface area (Å²) in [5.74, 6) is 1.68. The number of pyridine rings is 1. The Labute approximate surface area is 381 Å². The Morgan fingerprint density at radius 3 is 2.68 bits per heavy atom. The van der Waals surface area contributed by atoms with Crippen molar-refractivity contribution in [2.24, 2.45) is 0 Å². The second-order valence-corrected chi connectivity index (χ2v) is 18.0. The topological polar surface area (TPSA) is 191 Å². The fraction of sp³-hybridized carbons (Fsp3) is 0.408. The molecule has 5 aliphatic heterocycles. The van der Waals surface area contributed by atoms with Crippen LogP contribution >= 0.6 is 0 Å². The molecule has 5 N–H and O–H groups in total. The van der Waals surface area contributed by atoms with Gasteiger partial charge in [0.1, 0.15) is 29.7 Å². The Morgan fingerprint density at radius 2 is 1.88 bits per heavy atom. The molecule has 3 unspecified atom stereocenters. The number of likely N-dealkylation sites (N-methyl/N-ethyl adjacent to an activating group) is 1. The average molecular weight is 894 g/mol. The Hall–Kier alpha value is -6.90. The van der Waals surface area contributed by atoms with Gasteiger partial charge in [0.2, 0.25) is 17.7 Å². The second kappa shape index (κ2) is 17.8. The number of fused-ring (bicyclic) bond motifs is 5. The van der Waals surface area contributed by atoms with E-state index in [4.69, 9.17) is 26.9 Å². The minimum Gasteiger partial charge on any atom is -0.462 e. The quantitative estimate of drug-likeness (QED) is 0.0753. The van der Waals surface area contributed by atoms with Crippen molar-refractivity contribution in [2.45, 2.75) is 75.7 Å². The van der Waals surface area contributed by atoms with Crippen LogP contribution < -0.4 is 31.3 Å². The third-order valence-corrected chi connectivity index (χ3v) is 13.9. The predicted molar refractivity (Wildman–Crippen MR) is 248 cm³/mol. The summed E-state index contributed by atoms with van der Waals surface area (Å²) in [5.41, 5.74) is 10.2. The first-order valence-electron chi connectivity index (χ1n) is 22.8. The Bertz CT molecular complexity index is 2820. The number of imide groups is 1. The number of halogens is 1. The zero-order chi connectivity index (χ0) is 45.6. The molecule has 2 bridgehead atoms. The van der Waals surface area contributed by atoms with Gasteiger partial charge in [-0.3, -0.25) is 34.4 Å². The third-order valence-electron chi connectivity index (χ3n) is 13.9. The van der Waals surface area contributed by atoms with E-state index in [0.29, 0.717) is 96.6 Å². The van der Waals surface area contributed by atoms with Crippen LogP contribution in [0.1, 0.15) is 66.4 Å². The maximum Gasteiger partial charge on any atom is 0.319 e. The number of piperazine rings is 1. The molecule has 5 aromatic rings. The van der Waals surface area contributed by atoms with Crippen molar-refractivity contribution in [3.8, 4) is 29.6 Å². The van der Waals surface area contributed by atoms with Crippen LogP contribution in [-0.4, -0.2) is 130 Å². The summed E-state index contributed by atoms with van der Waals surface area (Å²) >= 11 is 0. The van der Waals surface area contributed by atoms with Crippen LogP contribution in [0.25, 0.3) is 32.9 Å². The van der Waals surface area contributed by atoms with Gasteiger partial charge in [0, 0.05) is 122 Å². The molecule has 0 saturated carbocycles. The number of piperidine rings is 1. The standard InChI is InChI=1S/C49H52FN11O5/c1-3-28-7-4-8-29-21-30(51)22-35(42(28)29)44-43(50)45-36(23-53-44)46(60-24-31-12-13-32(25-60)54-31)57-49(56-45)66-27-33-9-6-18-59(33)19-16-41(63)58(2)20-17-52-38-11-5-10-34-37(38)26-61(48(34)65)39-14-15-40(62)55-47(39)64/h1,4-5,7-8,10-11,21-23,31-33,39,52,54H,6,9,12-20,24-27,51H2,2H3,(H,55,62,64)/t31?,32?,33-,39?/m0/s1. The number of aromatic nitrogens is 3. The van der Waals surface area contributed by atoms with E-state index >= 15 is 4.39 Å². The number of nitrogens with one attached hydrogen (secondary N) is 3. The first kappa shape index (κ1) is 43.0. The smallest absolute Gasteiger partial charge is 0.319 e. The van der Waals surface area contributed by atoms with E-state index in [1.54, 1.807) is 36.3 Å². The molecule has 2 aromatic heterocycles. The number of nitrogens with two attached hydrogens (primary N) is 1. The zero-order valence-corrected chi connectivity index (χ0v) is 36.8. The number of hydrogen-bond donors (Lipinski definition) is 4. The lowest BCUT2D eigenvalue weighted by molar-refractivity contribution is -0.137. The van der Waals surface area contributed by atoms with Crippen molar-refractivity contribution in [3.63, 3.8) is 0 Å². The number of benzene rings is 3. The molecule has 4 saturated heterocycles. The second-order valence-electron chi connectivity index (χ2n) is 18.0. The van der Waals surface area contributed by atoms with Gasteiger partial charge in [0.05, 0.1) is 5.39 Å².